The van der Waals surface area contributed by atoms with E-state index in [2.05, 4.69) is 41.8 Å². The van der Waals surface area contributed by atoms with Crippen LogP contribution in [0, 0.1) is 5.92 Å². The Morgan fingerprint density at radius 3 is 2.37 bits per heavy atom. The largest absolute Gasteiger partial charge is 0.365 e. The summed E-state index contributed by atoms with van der Waals surface area (Å²) in [6.07, 6.45) is 0.978. The maximum atomic E-state index is 13.1. The van der Waals surface area contributed by atoms with Crippen LogP contribution in [-0.2, 0) is 11.2 Å². The van der Waals surface area contributed by atoms with Gasteiger partial charge in [-0.2, -0.15) is 0 Å². The number of hydrogen-bond donors (Lipinski definition) is 3. The lowest BCUT2D eigenvalue weighted by Gasteiger charge is -2.41. The van der Waals surface area contributed by atoms with Crippen LogP contribution in [0.1, 0.15) is 51.2 Å². The molecule has 1 saturated heterocycles. The number of anilines is 1. The highest BCUT2D eigenvalue weighted by molar-refractivity contribution is 5.92. The van der Waals surface area contributed by atoms with E-state index in [-0.39, 0.29) is 23.3 Å². The molecule has 0 aliphatic carbocycles. The van der Waals surface area contributed by atoms with Crippen LogP contribution < -0.4 is 10.6 Å². The van der Waals surface area contributed by atoms with Gasteiger partial charge in [-0.05, 0) is 62.8 Å². The normalized spacial score (nSPS) is 21.2. The van der Waals surface area contributed by atoms with E-state index in [0.717, 1.165) is 18.5 Å². The van der Waals surface area contributed by atoms with E-state index in [4.69, 9.17) is 0 Å². The van der Waals surface area contributed by atoms with Crippen molar-refractivity contribution in [2.24, 2.45) is 5.92 Å². The molecule has 0 saturated carbocycles. The number of nitrogens with zero attached hydrogens (tertiary/aromatic N) is 1. The van der Waals surface area contributed by atoms with Crippen molar-refractivity contribution < 1.29 is 9.90 Å². The summed E-state index contributed by atoms with van der Waals surface area (Å²) in [6, 6.07) is 18.2. The number of rotatable bonds is 6. The Bertz CT molecular complexity index is 815. The van der Waals surface area contributed by atoms with E-state index in [1.165, 1.54) is 11.1 Å². The van der Waals surface area contributed by atoms with Gasteiger partial charge in [0.25, 0.3) is 0 Å². The highest BCUT2D eigenvalue weighted by Gasteiger charge is 2.35. The summed E-state index contributed by atoms with van der Waals surface area (Å²) in [5, 5.41) is 17.1. The second-order valence-corrected chi connectivity index (χ2v) is 9.30. The Morgan fingerprint density at radius 2 is 1.77 bits per heavy atom. The average Bonchev–Trinajstić information content (AvgIpc) is 2.73. The Kier molecular flexibility index (Phi) is 7.29. The third-order valence-corrected chi connectivity index (χ3v) is 5.66. The number of aryl methyl sites for hydroxylation is 1. The first-order valence-electron chi connectivity index (χ1n) is 10.9. The second kappa shape index (κ2) is 9.73. The van der Waals surface area contributed by atoms with Crippen LogP contribution >= 0.6 is 0 Å². The van der Waals surface area contributed by atoms with E-state index in [1.807, 2.05) is 56.0 Å². The second-order valence-electron chi connectivity index (χ2n) is 9.30. The van der Waals surface area contributed by atoms with Crippen molar-refractivity contribution in [3.8, 4) is 0 Å². The van der Waals surface area contributed by atoms with Crippen LogP contribution in [0.25, 0.3) is 0 Å². The number of piperidine rings is 1. The molecule has 162 valence electrons. The molecule has 1 fully saturated rings. The van der Waals surface area contributed by atoms with E-state index >= 15 is 0 Å². The molecular weight excluding hydrogens is 374 g/mol. The molecule has 0 spiro atoms. The summed E-state index contributed by atoms with van der Waals surface area (Å²) in [6.45, 7) is 9.47. The highest BCUT2D eigenvalue weighted by atomic mass is 16.3. The number of carbonyl (C=O) groups is 1. The molecule has 1 amide bonds. The molecule has 0 radical (unpaired) electrons. The van der Waals surface area contributed by atoms with Gasteiger partial charge >= 0.3 is 0 Å². The molecule has 30 heavy (non-hydrogen) atoms. The molecule has 3 rings (SSSR count). The van der Waals surface area contributed by atoms with Crippen LogP contribution in [0.3, 0.4) is 0 Å². The maximum Gasteiger partial charge on any atom is 0.228 e. The zero-order chi connectivity index (χ0) is 21.7. The monoisotopic (exact) mass is 409 g/mol. The topological polar surface area (TPSA) is 64.6 Å². The fourth-order valence-corrected chi connectivity index (χ4v) is 4.03. The first kappa shape index (κ1) is 22.5. The fraction of sp³-hybridized carbons (Fsp3) is 0.480. The van der Waals surface area contributed by atoms with Crippen LogP contribution in [0.4, 0.5) is 5.69 Å². The molecule has 3 unspecified atom stereocenters. The zero-order valence-corrected chi connectivity index (χ0v) is 18.6. The molecule has 2 aromatic carbocycles. The lowest BCUT2D eigenvalue weighted by molar-refractivity contribution is -0.125. The van der Waals surface area contributed by atoms with Gasteiger partial charge in [0.2, 0.25) is 5.91 Å². The standard InChI is InChI=1S/C25H35N3O2/c1-5-18-11-13-19(14-12-18)20-15-21(23(29)26-22-9-7-6-8-10-22)17-28(16-20)24(30)27-25(2,3)4/h6-14,20-21,24,27,30H,5,15-17H2,1-4H3,(H,26,29). The van der Waals surface area contributed by atoms with Gasteiger partial charge in [-0.3, -0.25) is 15.0 Å². The predicted octanol–water partition coefficient (Wildman–Crippen LogP) is 3.96. The molecule has 1 heterocycles. The lowest BCUT2D eigenvalue weighted by atomic mass is 9.83. The minimum atomic E-state index is -0.797. The number of aliphatic hydroxyl groups is 1. The lowest BCUT2D eigenvalue weighted by Crippen LogP contribution is -2.57. The van der Waals surface area contributed by atoms with Crippen molar-refractivity contribution in [1.29, 1.82) is 0 Å². The number of aliphatic hydroxyl groups excluding tert-OH is 1. The third kappa shape index (κ3) is 6.14. The number of para-hydroxylation sites is 1. The van der Waals surface area contributed by atoms with Gasteiger partial charge in [-0.1, -0.05) is 49.4 Å². The first-order chi connectivity index (χ1) is 14.2. The van der Waals surface area contributed by atoms with Crippen molar-refractivity contribution >= 4 is 11.6 Å². The zero-order valence-electron chi connectivity index (χ0n) is 18.6. The maximum absolute atomic E-state index is 13.1. The summed E-state index contributed by atoms with van der Waals surface area (Å²) >= 11 is 0. The Morgan fingerprint density at radius 1 is 1.10 bits per heavy atom. The van der Waals surface area contributed by atoms with E-state index in [0.29, 0.717) is 13.1 Å². The third-order valence-electron chi connectivity index (χ3n) is 5.66. The van der Waals surface area contributed by atoms with Crippen molar-refractivity contribution in [2.75, 3.05) is 18.4 Å². The number of hydrogen-bond acceptors (Lipinski definition) is 4. The van der Waals surface area contributed by atoms with Crippen LogP contribution in [0.2, 0.25) is 0 Å². The number of carbonyl (C=O) groups excluding carboxylic acids is 1. The average molecular weight is 410 g/mol. The molecule has 2 aromatic rings. The first-order valence-corrected chi connectivity index (χ1v) is 10.9. The van der Waals surface area contributed by atoms with Crippen LogP contribution in [-0.4, -0.2) is 40.9 Å². The number of likely N-dealkylation sites (tertiary alicyclic amines) is 1. The number of nitrogens with one attached hydrogen (secondary N) is 2. The Hall–Kier alpha value is -2.21. The Labute approximate surface area is 180 Å². The fourth-order valence-electron chi connectivity index (χ4n) is 4.03. The summed E-state index contributed by atoms with van der Waals surface area (Å²) in [5.74, 6) is -0.0112. The molecule has 0 bridgehead atoms. The molecule has 3 N–H and O–H groups in total. The Balaban J connectivity index is 1.79. The quantitative estimate of drug-likeness (QED) is 0.632. The van der Waals surface area contributed by atoms with Crippen molar-refractivity contribution in [3.63, 3.8) is 0 Å². The van der Waals surface area contributed by atoms with Gasteiger partial charge in [0.15, 0.2) is 6.35 Å². The smallest absolute Gasteiger partial charge is 0.228 e. The van der Waals surface area contributed by atoms with E-state index in [1.54, 1.807) is 0 Å². The van der Waals surface area contributed by atoms with E-state index < -0.39 is 6.35 Å². The van der Waals surface area contributed by atoms with Gasteiger partial charge in [-0.15, -0.1) is 0 Å². The van der Waals surface area contributed by atoms with Gasteiger partial charge in [-0.25, -0.2) is 0 Å². The minimum Gasteiger partial charge on any atom is -0.365 e. The highest BCUT2D eigenvalue weighted by Crippen LogP contribution is 2.32. The molecule has 1 aliphatic rings. The SMILES string of the molecule is CCc1ccc(C2CC(C(=O)Nc3ccccc3)CN(C(O)NC(C)(C)C)C2)cc1. The van der Waals surface area contributed by atoms with Crippen LogP contribution in [0.15, 0.2) is 54.6 Å². The number of amides is 1. The van der Waals surface area contributed by atoms with Crippen molar-refractivity contribution in [2.45, 2.75) is 58.3 Å². The summed E-state index contributed by atoms with van der Waals surface area (Å²) in [7, 11) is 0. The summed E-state index contributed by atoms with van der Waals surface area (Å²) < 4.78 is 0. The summed E-state index contributed by atoms with van der Waals surface area (Å²) in [4.78, 5) is 15.0. The van der Waals surface area contributed by atoms with Gasteiger partial charge in [0, 0.05) is 24.3 Å². The van der Waals surface area contributed by atoms with Crippen molar-refractivity contribution in [3.05, 3.63) is 65.7 Å². The molecular formula is C25H35N3O2. The van der Waals surface area contributed by atoms with E-state index in [9.17, 15) is 9.90 Å². The molecule has 3 atom stereocenters. The molecule has 5 nitrogen and oxygen atoms in total. The van der Waals surface area contributed by atoms with Gasteiger partial charge in [0.1, 0.15) is 0 Å². The molecule has 0 aromatic heterocycles. The summed E-state index contributed by atoms with van der Waals surface area (Å²) in [5.41, 5.74) is 3.10. The molecule has 1 aliphatic heterocycles. The minimum absolute atomic E-state index is 0.00374. The van der Waals surface area contributed by atoms with Gasteiger partial charge in [0.05, 0.1) is 5.92 Å². The van der Waals surface area contributed by atoms with Gasteiger partial charge < -0.3 is 10.4 Å². The molecule has 5 heteroatoms. The number of benzene rings is 2. The van der Waals surface area contributed by atoms with Crippen LogP contribution in [0.5, 0.6) is 0 Å². The predicted molar refractivity (Wildman–Crippen MR) is 122 cm³/mol. The van der Waals surface area contributed by atoms with Crippen molar-refractivity contribution in [1.82, 2.24) is 10.2 Å².